The molecule has 4 aromatic rings. The molecule has 5 rings (SSSR count). The number of nitrogens with one attached hydrogen (secondary N) is 4. The molecule has 10 nitrogen and oxygen atoms in total. The quantitative estimate of drug-likeness (QED) is 0.160. The van der Waals surface area contributed by atoms with E-state index in [2.05, 4.69) is 31.9 Å². The van der Waals surface area contributed by atoms with E-state index in [9.17, 15) is 22.8 Å². The van der Waals surface area contributed by atoms with Crippen molar-refractivity contribution in [3.05, 3.63) is 85.3 Å². The number of thiophene rings is 2. The predicted octanol–water partition coefficient (Wildman–Crippen LogP) is 6.74. The lowest BCUT2D eigenvalue weighted by Gasteiger charge is -2.20. The second kappa shape index (κ2) is 11.6. The van der Waals surface area contributed by atoms with Crippen LogP contribution in [0.2, 0.25) is 4.34 Å². The summed E-state index contributed by atoms with van der Waals surface area (Å²) in [4.78, 5) is 40.8. The van der Waals surface area contributed by atoms with Gasteiger partial charge in [-0.25, -0.2) is 13.8 Å². The molecule has 5 N–H and O–H groups in total. The van der Waals surface area contributed by atoms with Gasteiger partial charge in [0.15, 0.2) is 9.99 Å². The summed E-state index contributed by atoms with van der Waals surface area (Å²) in [5.74, 6) is -0.241. The lowest BCUT2D eigenvalue weighted by atomic mass is 10.1. The monoisotopic (exact) mass is 680 g/mol. The Bertz CT molecular complexity index is 1720. The van der Waals surface area contributed by atoms with Crippen molar-refractivity contribution in [2.75, 3.05) is 27.4 Å². The van der Waals surface area contributed by atoms with Crippen molar-refractivity contribution in [2.24, 2.45) is 0 Å². The van der Waals surface area contributed by atoms with Gasteiger partial charge in [0.2, 0.25) is 0 Å². The lowest BCUT2D eigenvalue weighted by molar-refractivity contribution is 0.100. The molecule has 1 atom stereocenters. The van der Waals surface area contributed by atoms with Crippen LogP contribution in [0.5, 0.6) is 0 Å². The summed E-state index contributed by atoms with van der Waals surface area (Å²) in [5.41, 5.74) is 2.29. The first-order valence-electron chi connectivity index (χ1n) is 11.5. The van der Waals surface area contributed by atoms with Gasteiger partial charge >= 0.3 is 22.1 Å². The number of carbonyl (C=O) groups excluding carboxylic acids is 3. The van der Waals surface area contributed by atoms with E-state index >= 15 is 0 Å². The van der Waals surface area contributed by atoms with E-state index in [0.717, 1.165) is 25.7 Å². The van der Waals surface area contributed by atoms with Crippen molar-refractivity contribution in [1.29, 1.82) is 0 Å². The van der Waals surface area contributed by atoms with Gasteiger partial charge in [0.25, 0.3) is 0 Å². The average molecular weight is 682 g/mol. The van der Waals surface area contributed by atoms with E-state index in [0.29, 0.717) is 33.5 Å². The molecule has 2 aromatic carbocycles. The number of fused-ring (bicyclic) bond motifs is 1. The number of amides is 4. The van der Waals surface area contributed by atoms with E-state index in [1.54, 1.807) is 41.7 Å². The zero-order chi connectivity index (χ0) is 28.4. The fraction of sp³-hybridized carbons (Fsp3) is 0.0800. The molecular formula is C25H20BrClN5O5S3+. The molecule has 15 heteroatoms. The number of hydrogen-bond acceptors (Lipinski definition) is 7. The van der Waals surface area contributed by atoms with Crippen molar-refractivity contribution in [3.63, 3.8) is 0 Å². The molecule has 1 aliphatic rings. The van der Waals surface area contributed by atoms with Crippen LogP contribution in [-0.4, -0.2) is 32.8 Å². The number of carbonyl (C=O) groups is 3. The molecule has 40 heavy (non-hydrogen) atoms. The van der Waals surface area contributed by atoms with Crippen LogP contribution in [0.3, 0.4) is 0 Å². The van der Waals surface area contributed by atoms with Crippen LogP contribution in [0.15, 0.2) is 74.7 Å². The van der Waals surface area contributed by atoms with Crippen LogP contribution in [0.4, 0.5) is 32.3 Å². The molecule has 2 aromatic heterocycles. The molecule has 0 bridgehead atoms. The molecule has 0 saturated heterocycles. The zero-order valence-electron chi connectivity index (χ0n) is 20.3. The number of nitrogens with zero attached hydrogens (tertiary/aromatic N) is 1. The maximum atomic E-state index is 13.1. The number of halogens is 2. The van der Waals surface area contributed by atoms with Crippen LogP contribution >= 0.6 is 50.2 Å². The number of urea groups is 2. The first-order chi connectivity index (χ1) is 19.1. The second-order valence-electron chi connectivity index (χ2n) is 8.45. The Labute approximate surface area is 250 Å². The Kier molecular flexibility index (Phi) is 8.14. The van der Waals surface area contributed by atoms with Crippen molar-refractivity contribution >= 4 is 101 Å². The number of benzene rings is 2. The molecule has 3 heterocycles. The van der Waals surface area contributed by atoms with Crippen LogP contribution in [0.1, 0.15) is 15.2 Å². The normalized spacial score (nSPS) is 14.5. The predicted molar refractivity (Wildman–Crippen MR) is 163 cm³/mol. The number of rotatable bonds is 7. The number of anilines is 4. The average Bonchev–Trinajstić information content (AvgIpc) is 3.51. The van der Waals surface area contributed by atoms with Gasteiger partial charge in [0.1, 0.15) is 0 Å². The summed E-state index contributed by atoms with van der Waals surface area (Å²) >= 11 is 11.7. The largest absolute Gasteiger partial charge is 0.409 e. The van der Waals surface area contributed by atoms with E-state index in [-0.39, 0.29) is 16.5 Å². The highest BCUT2D eigenvalue weighted by molar-refractivity contribution is 9.11. The maximum absolute atomic E-state index is 13.1. The number of Topliss-reactive ketones (excluding diaryl/α,β-unsaturated/α-hetero) is 1. The van der Waals surface area contributed by atoms with Gasteiger partial charge < -0.3 is 16.0 Å². The zero-order valence-corrected chi connectivity index (χ0v) is 25.1. The Morgan fingerprint density at radius 3 is 2.48 bits per heavy atom. The third-order valence-corrected chi connectivity index (χ3v) is 10.4. The van der Waals surface area contributed by atoms with Gasteiger partial charge in [-0.3, -0.25) is 9.69 Å². The molecule has 206 valence electrons. The standard InChI is InChI=1S/C25H19BrClN5O5S3/c26-21-8-6-17(38-21)12-28-15-3-7-18-19(11-15)30-25(35)32(13-20(18)33)16-4-1-14(2-5-16)29-24(34)31-40(36,37)23-10-9-22(27)39-23/h1-11,28H,12-13H2,(H,30,35)(H2,29,31,34,36,37)/p+1. The molecular weight excluding hydrogens is 662 g/mol. The highest BCUT2D eigenvalue weighted by Gasteiger charge is 2.28. The molecule has 0 radical (unpaired) electrons. The summed E-state index contributed by atoms with van der Waals surface area (Å²) in [6.07, 6.45) is 0. The minimum Gasteiger partial charge on any atom is -0.380 e. The van der Waals surface area contributed by atoms with Crippen molar-refractivity contribution in [3.8, 4) is 0 Å². The SMILES string of the molecule is O=C(Nc1ccc(N2CC(=O)c3ccc(NCc4ccc(Br)s4)cc3NC2=O)cc1)NS(=O)(=[OH+])c1ccc(Cl)s1. The summed E-state index contributed by atoms with van der Waals surface area (Å²) in [5, 5.41) is 8.58. The fourth-order valence-electron chi connectivity index (χ4n) is 3.83. The molecule has 0 fully saturated rings. The van der Waals surface area contributed by atoms with E-state index in [1.807, 2.05) is 16.9 Å². The van der Waals surface area contributed by atoms with Crippen molar-refractivity contribution in [2.45, 2.75) is 10.8 Å². The van der Waals surface area contributed by atoms with Crippen LogP contribution < -0.4 is 25.6 Å². The van der Waals surface area contributed by atoms with Crippen molar-refractivity contribution in [1.82, 2.24) is 4.72 Å². The number of ketones is 1. The van der Waals surface area contributed by atoms with Gasteiger partial charge in [0, 0.05) is 34.0 Å². The minimum absolute atomic E-state index is 0.0134. The Hall–Kier alpha value is -3.43. The van der Waals surface area contributed by atoms with E-state index in [4.69, 9.17) is 11.6 Å². The highest BCUT2D eigenvalue weighted by Crippen LogP contribution is 2.29. The topological polar surface area (TPSA) is 141 Å². The third-order valence-electron chi connectivity index (χ3n) is 5.69. The van der Waals surface area contributed by atoms with Crippen LogP contribution in [0.25, 0.3) is 0 Å². The van der Waals surface area contributed by atoms with Gasteiger partial charge in [-0.2, -0.15) is 8.93 Å². The highest BCUT2D eigenvalue weighted by atomic mass is 79.9. The van der Waals surface area contributed by atoms with Crippen LogP contribution in [-0.2, 0) is 16.6 Å². The Morgan fingerprint density at radius 1 is 1.05 bits per heavy atom. The molecule has 0 spiro atoms. The van der Waals surface area contributed by atoms with Gasteiger partial charge in [-0.1, -0.05) is 11.6 Å². The molecule has 1 unspecified atom stereocenters. The summed E-state index contributed by atoms with van der Waals surface area (Å²) < 4.78 is 25.9. The molecule has 4 amide bonds. The number of hydrogen-bond donors (Lipinski definition) is 4. The lowest BCUT2D eigenvalue weighted by Crippen LogP contribution is -2.36. The second-order valence-corrected chi connectivity index (χ2v) is 14.7. The molecule has 0 aliphatic carbocycles. The first-order valence-corrected chi connectivity index (χ1v) is 15.8. The maximum Gasteiger partial charge on any atom is 0.409 e. The van der Waals surface area contributed by atoms with Gasteiger partial charge in [0.05, 0.1) is 20.4 Å². The van der Waals surface area contributed by atoms with Crippen molar-refractivity contribution < 1.29 is 22.8 Å². The third kappa shape index (κ3) is 6.47. The van der Waals surface area contributed by atoms with Gasteiger partial charge in [-0.15, -0.1) is 22.7 Å². The first kappa shape index (κ1) is 28.1. The molecule has 1 aliphatic heterocycles. The van der Waals surface area contributed by atoms with Crippen LogP contribution in [0, 0.1) is 0 Å². The Balaban J connectivity index is 1.24. The van der Waals surface area contributed by atoms with E-state index in [1.165, 1.54) is 29.2 Å². The minimum atomic E-state index is -3.83. The smallest absolute Gasteiger partial charge is 0.380 e. The summed E-state index contributed by atoms with van der Waals surface area (Å²) in [7, 11) is -3.83. The summed E-state index contributed by atoms with van der Waals surface area (Å²) in [6, 6.07) is 16.7. The van der Waals surface area contributed by atoms with E-state index < -0.39 is 22.1 Å². The summed E-state index contributed by atoms with van der Waals surface area (Å²) in [6.45, 7) is 0.414. The van der Waals surface area contributed by atoms with Gasteiger partial charge in [-0.05, 0) is 82.7 Å². The molecule has 0 saturated carbocycles. The fourth-order valence-corrected chi connectivity index (χ4v) is 7.67. The Morgan fingerprint density at radius 2 is 1.80 bits per heavy atom.